The molecule has 154 valence electrons. The normalized spacial score (nSPS) is 14.5. The first-order valence-electron chi connectivity index (χ1n) is 10.2. The maximum Gasteiger partial charge on any atom is 0.269 e. The molecular weight excluding hydrogens is 366 g/mol. The van der Waals surface area contributed by atoms with Gasteiger partial charge in [-0.1, -0.05) is 13.3 Å². The minimum Gasteiger partial charge on any atom is -0.369 e. The van der Waals surface area contributed by atoms with E-state index in [0.717, 1.165) is 50.4 Å². The number of pyridine rings is 1. The number of benzene rings is 1. The lowest BCUT2D eigenvalue weighted by molar-refractivity contribution is 0.0948. The second kappa shape index (κ2) is 10.0. The van der Waals surface area contributed by atoms with Crippen LogP contribution in [0.3, 0.4) is 0 Å². The van der Waals surface area contributed by atoms with Crippen molar-refractivity contribution in [1.82, 2.24) is 15.2 Å². The SMILES string of the molecule is CCCCNC(=O)c1cc(C(=O)Nc2ccc(N3CCN(C)CC3)cc2)ccn1. The second-order valence-electron chi connectivity index (χ2n) is 7.33. The molecule has 7 heteroatoms. The first-order chi connectivity index (χ1) is 14.1. The summed E-state index contributed by atoms with van der Waals surface area (Å²) in [5, 5.41) is 5.70. The monoisotopic (exact) mass is 395 g/mol. The summed E-state index contributed by atoms with van der Waals surface area (Å²) >= 11 is 0. The predicted octanol–water partition coefficient (Wildman–Crippen LogP) is 2.62. The summed E-state index contributed by atoms with van der Waals surface area (Å²) < 4.78 is 0. The Morgan fingerprint density at radius 1 is 1.03 bits per heavy atom. The van der Waals surface area contributed by atoms with Gasteiger partial charge in [-0.05, 0) is 49.9 Å². The van der Waals surface area contributed by atoms with Crippen molar-refractivity contribution >= 4 is 23.2 Å². The molecule has 1 aromatic carbocycles. The minimum absolute atomic E-state index is 0.249. The third-order valence-electron chi connectivity index (χ3n) is 5.06. The number of amides is 2. The fraction of sp³-hybridized carbons (Fsp3) is 0.409. The molecule has 1 aromatic heterocycles. The molecule has 1 saturated heterocycles. The number of rotatable bonds is 7. The molecule has 0 unspecified atom stereocenters. The van der Waals surface area contributed by atoms with E-state index < -0.39 is 0 Å². The van der Waals surface area contributed by atoms with Crippen LogP contribution in [0.5, 0.6) is 0 Å². The summed E-state index contributed by atoms with van der Waals surface area (Å²) in [6.07, 6.45) is 3.40. The number of piperazine rings is 1. The molecule has 1 fully saturated rings. The quantitative estimate of drug-likeness (QED) is 0.705. The number of anilines is 2. The number of unbranched alkanes of at least 4 members (excludes halogenated alkanes) is 1. The number of hydrogen-bond acceptors (Lipinski definition) is 5. The molecule has 29 heavy (non-hydrogen) atoms. The molecule has 0 bridgehead atoms. The standard InChI is InChI=1S/C22H29N5O2/c1-3-4-10-24-22(29)20-16-17(9-11-23-20)21(28)25-18-5-7-19(8-6-18)27-14-12-26(2)13-15-27/h5-9,11,16H,3-4,10,12-15H2,1-2H3,(H,24,29)(H,25,28). The van der Waals surface area contributed by atoms with Gasteiger partial charge in [-0.15, -0.1) is 0 Å². The number of carbonyl (C=O) groups is 2. The van der Waals surface area contributed by atoms with Crippen molar-refractivity contribution in [2.75, 3.05) is 50.0 Å². The molecule has 2 aromatic rings. The van der Waals surface area contributed by atoms with E-state index in [1.807, 2.05) is 24.3 Å². The highest BCUT2D eigenvalue weighted by atomic mass is 16.2. The van der Waals surface area contributed by atoms with Crippen LogP contribution in [0.15, 0.2) is 42.6 Å². The van der Waals surface area contributed by atoms with Crippen LogP contribution < -0.4 is 15.5 Å². The Bertz CT molecular complexity index is 829. The number of aromatic nitrogens is 1. The van der Waals surface area contributed by atoms with Gasteiger partial charge in [-0.3, -0.25) is 14.6 Å². The van der Waals surface area contributed by atoms with Crippen LogP contribution in [0.4, 0.5) is 11.4 Å². The average Bonchev–Trinajstić information content (AvgIpc) is 2.75. The minimum atomic E-state index is -0.262. The largest absolute Gasteiger partial charge is 0.369 e. The molecule has 0 aliphatic carbocycles. The fourth-order valence-corrected chi connectivity index (χ4v) is 3.19. The van der Waals surface area contributed by atoms with Gasteiger partial charge in [-0.2, -0.15) is 0 Å². The predicted molar refractivity (Wildman–Crippen MR) is 116 cm³/mol. The van der Waals surface area contributed by atoms with Crippen LogP contribution >= 0.6 is 0 Å². The third-order valence-corrected chi connectivity index (χ3v) is 5.06. The first kappa shape index (κ1) is 20.8. The number of carbonyl (C=O) groups excluding carboxylic acids is 2. The highest BCUT2D eigenvalue weighted by Crippen LogP contribution is 2.20. The molecule has 0 saturated carbocycles. The van der Waals surface area contributed by atoms with Crippen LogP contribution in [0.2, 0.25) is 0 Å². The number of likely N-dealkylation sites (N-methyl/N-ethyl adjacent to an activating group) is 1. The first-order valence-corrected chi connectivity index (χ1v) is 10.2. The zero-order valence-electron chi connectivity index (χ0n) is 17.1. The Kier molecular flexibility index (Phi) is 7.19. The number of nitrogens with zero attached hydrogens (tertiary/aromatic N) is 3. The van der Waals surface area contributed by atoms with E-state index in [1.165, 1.54) is 12.3 Å². The molecule has 1 aliphatic rings. The number of hydrogen-bond donors (Lipinski definition) is 2. The summed E-state index contributed by atoms with van der Waals surface area (Å²) in [6, 6.07) is 11.0. The van der Waals surface area contributed by atoms with E-state index in [0.29, 0.717) is 12.1 Å². The Morgan fingerprint density at radius 2 is 1.76 bits per heavy atom. The summed E-state index contributed by atoms with van der Waals surface area (Å²) in [4.78, 5) is 33.5. The molecule has 3 rings (SSSR count). The van der Waals surface area contributed by atoms with E-state index in [2.05, 4.69) is 39.4 Å². The fourth-order valence-electron chi connectivity index (χ4n) is 3.19. The molecule has 2 amide bonds. The third kappa shape index (κ3) is 5.77. The van der Waals surface area contributed by atoms with Crippen LogP contribution in [0, 0.1) is 0 Å². The maximum absolute atomic E-state index is 12.6. The van der Waals surface area contributed by atoms with E-state index in [1.54, 1.807) is 6.07 Å². The van der Waals surface area contributed by atoms with Gasteiger partial charge < -0.3 is 20.4 Å². The summed E-state index contributed by atoms with van der Waals surface area (Å²) in [6.45, 7) is 6.77. The second-order valence-corrected chi connectivity index (χ2v) is 7.33. The van der Waals surface area contributed by atoms with Crippen molar-refractivity contribution in [3.63, 3.8) is 0 Å². The highest BCUT2D eigenvalue weighted by Gasteiger charge is 2.15. The van der Waals surface area contributed by atoms with Gasteiger partial charge in [0.2, 0.25) is 0 Å². The van der Waals surface area contributed by atoms with Gasteiger partial charge in [0.25, 0.3) is 11.8 Å². The lowest BCUT2D eigenvalue weighted by Crippen LogP contribution is -2.44. The molecule has 0 spiro atoms. The van der Waals surface area contributed by atoms with Gasteiger partial charge in [0.15, 0.2) is 0 Å². The zero-order valence-corrected chi connectivity index (χ0v) is 17.1. The smallest absolute Gasteiger partial charge is 0.269 e. The Morgan fingerprint density at radius 3 is 2.45 bits per heavy atom. The van der Waals surface area contributed by atoms with Crippen molar-refractivity contribution in [1.29, 1.82) is 0 Å². The Hall–Kier alpha value is -2.93. The Labute approximate surface area is 172 Å². The molecule has 0 atom stereocenters. The number of nitrogens with one attached hydrogen (secondary N) is 2. The van der Waals surface area contributed by atoms with E-state index >= 15 is 0 Å². The van der Waals surface area contributed by atoms with E-state index in [4.69, 9.17) is 0 Å². The van der Waals surface area contributed by atoms with E-state index in [-0.39, 0.29) is 17.5 Å². The summed E-state index contributed by atoms with van der Waals surface area (Å²) in [5.74, 6) is -0.521. The summed E-state index contributed by atoms with van der Waals surface area (Å²) in [7, 11) is 2.13. The maximum atomic E-state index is 12.6. The van der Waals surface area contributed by atoms with Crippen LogP contribution in [-0.2, 0) is 0 Å². The van der Waals surface area contributed by atoms with Gasteiger partial charge in [0.1, 0.15) is 5.69 Å². The molecule has 2 heterocycles. The van der Waals surface area contributed by atoms with Crippen molar-refractivity contribution < 1.29 is 9.59 Å². The van der Waals surface area contributed by atoms with Gasteiger partial charge in [0, 0.05) is 55.9 Å². The lowest BCUT2D eigenvalue weighted by atomic mass is 10.2. The van der Waals surface area contributed by atoms with Crippen molar-refractivity contribution in [2.45, 2.75) is 19.8 Å². The molecule has 7 nitrogen and oxygen atoms in total. The van der Waals surface area contributed by atoms with Crippen molar-refractivity contribution in [2.24, 2.45) is 0 Å². The van der Waals surface area contributed by atoms with Crippen molar-refractivity contribution in [3.8, 4) is 0 Å². The molecule has 1 aliphatic heterocycles. The molecule has 0 radical (unpaired) electrons. The Balaban J connectivity index is 1.60. The topological polar surface area (TPSA) is 77.6 Å². The van der Waals surface area contributed by atoms with Crippen molar-refractivity contribution in [3.05, 3.63) is 53.9 Å². The van der Waals surface area contributed by atoms with Gasteiger partial charge >= 0.3 is 0 Å². The zero-order chi connectivity index (χ0) is 20.6. The van der Waals surface area contributed by atoms with Gasteiger partial charge in [0.05, 0.1) is 0 Å². The molecular formula is C22H29N5O2. The van der Waals surface area contributed by atoms with Crippen LogP contribution in [0.25, 0.3) is 0 Å². The van der Waals surface area contributed by atoms with E-state index in [9.17, 15) is 9.59 Å². The van der Waals surface area contributed by atoms with Gasteiger partial charge in [-0.25, -0.2) is 0 Å². The van der Waals surface area contributed by atoms with Crippen LogP contribution in [0.1, 0.15) is 40.6 Å². The average molecular weight is 396 g/mol. The molecule has 2 N–H and O–H groups in total. The highest BCUT2D eigenvalue weighted by molar-refractivity contribution is 6.05. The lowest BCUT2D eigenvalue weighted by Gasteiger charge is -2.34. The summed E-state index contributed by atoms with van der Waals surface area (Å²) in [5.41, 5.74) is 2.53. The van der Waals surface area contributed by atoms with Crippen LogP contribution in [-0.4, -0.2) is 61.5 Å².